The van der Waals surface area contributed by atoms with Gasteiger partial charge in [0.25, 0.3) is 17.3 Å². The number of carboxylic acid groups (broad SMARTS) is 2. The van der Waals surface area contributed by atoms with Crippen molar-refractivity contribution in [3.05, 3.63) is 68.5 Å². The summed E-state index contributed by atoms with van der Waals surface area (Å²) in [5, 5.41) is 128. The van der Waals surface area contributed by atoms with Crippen molar-refractivity contribution >= 4 is 41.5 Å². The second kappa shape index (κ2) is 30.7. The summed E-state index contributed by atoms with van der Waals surface area (Å²) in [6, 6.07) is 4.26. The van der Waals surface area contributed by atoms with Crippen LogP contribution in [0.4, 0.5) is 0 Å². The maximum absolute atomic E-state index is 14.3. The van der Waals surface area contributed by atoms with Gasteiger partial charge in [0.1, 0.15) is 79.9 Å². The number of carbonyl (C=O) groups is 7. The van der Waals surface area contributed by atoms with E-state index >= 15 is 0 Å². The Bertz CT molecular complexity index is 2690. The number of nitrogens with one attached hydrogen (secondary N) is 6. The zero-order chi connectivity index (χ0) is 62.4. The molecule has 4 heterocycles. The number of aliphatic carboxylic acids is 2. The first kappa shape index (κ1) is 67.6. The molecule has 3 saturated heterocycles. The maximum Gasteiger partial charge on any atom is 0.364 e. The van der Waals surface area contributed by atoms with Crippen LogP contribution >= 0.6 is 0 Å². The maximum atomic E-state index is 14.3. The molecular weight excluding hydrogens is 1150 g/mol. The Labute approximate surface area is 480 Å². The molecule has 35 heteroatoms. The number of ether oxygens (including phenoxy) is 9. The summed E-state index contributed by atoms with van der Waals surface area (Å²) in [6.45, 7) is -1.91. The van der Waals surface area contributed by atoms with Crippen LogP contribution in [0.15, 0.2) is 46.0 Å². The lowest BCUT2D eigenvalue weighted by Gasteiger charge is -2.51. The topological polar surface area (TPSA) is 539 Å². The predicted molar refractivity (Wildman–Crippen MR) is 274 cm³/mol. The van der Waals surface area contributed by atoms with Gasteiger partial charge < -0.3 is 125 Å². The van der Waals surface area contributed by atoms with Crippen molar-refractivity contribution < 1.29 is 132 Å². The van der Waals surface area contributed by atoms with Crippen LogP contribution in [0.2, 0.25) is 0 Å². The normalized spacial score (nSPS) is 32.9. The summed E-state index contributed by atoms with van der Waals surface area (Å²) in [5.41, 5.74) is -3.00. The summed E-state index contributed by atoms with van der Waals surface area (Å²) in [6.07, 6.45) is -34.6. The fraction of sp³-hybridized carbons (Fsp3) is 0.660. The highest BCUT2D eigenvalue weighted by Crippen LogP contribution is 2.41. The molecule has 1 aromatic carbocycles. The number of benzene rings is 1. The van der Waals surface area contributed by atoms with Crippen molar-refractivity contribution in [1.82, 2.24) is 31.2 Å². The molecule has 474 valence electrons. The number of H-pyrrole nitrogens is 2. The number of aliphatic hydroxyl groups excluding tert-OH is 9. The number of rotatable bonds is 27. The summed E-state index contributed by atoms with van der Waals surface area (Å²) < 4.78 is 52.5. The van der Waals surface area contributed by atoms with Crippen LogP contribution in [0.3, 0.4) is 0 Å². The molecule has 1 unspecified atom stereocenters. The molecule has 6 rings (SSSR count). The van der Waals surface area contributed by atoms with E-state index in [4.69, 9.17) is 47.7 Å². The van der Waals surface area contributed by atoms with Crippen molar-refractivity contribution in [3.63, 3.8) is 0 Å². The van der Waals surface area contributed by atoms with E-state index in [1.807, 2.05) is 4.98 Å². The molecule has 1 aromatic heterocycles. The zero-order valence-electron chi connectivity index (χ0n) is 45.5. The Morgan fingerprint density at radius 1 is 0.788 bits per heavy atom. The first-order chi connectivity index (χ1) is 40.3. The first-order valence-electron chi connectivity index (χ1n) is 26.6. The monoisotopic (exact) mass is 1220 g/mol. The average molecular weight is 1220 g/mol. The van der Waals surface area contributed by atoms with Gasteiger partial charge >= 0.3 is 23.6 Å². The van der Waals surface area contributed by atoms with Gasteiger partial charge in [-0.2, -0.15) is 0 Å². The van der Waals surface area contributed by atoms with Crippen molar-refractivity contribution in [2.45, 2.75) is 149 Å². The number of carboxylic acids is 2. The average Bonchev–Trinajstić information content (AvgIpc) is 1.48. The summed E-state index contributed by atoms with van der Waals surface area (Å²) in [4.78, 5) is 120. The molecule has 4 fully saturated rings. The Morgan fingerprint density at radius 2 is 1.47 bits per heavy atom. The van der Waals surface area contributed by atoms with Crippen molar-refractivity contribution in [1.29, 1.82) is 0 Å². The van der Waals surface area contributed by atoms with Crippen LogP contribution in [0.25, 0.3) is 0 Å². The molecule has 85 heavy (non-hydrogen) atoms. The molecule has 2 aromatic rings. The molecule has 0 bridgehead atoms. The number of carbonyl (C=O) groups excluding carboxylic acids is 5. The van der Waals surface area contributed by atoms with Gasteiger partial charge in [-0.25, -0.2) is 19.2 Å². The summed E-state index contributed by atoms with van der Waals surface area (Å²) in [7, 11) is 0. The van der Waals surface area contributed by atoms with E-state index in [0.29, 0.717) is 6.07 Å². The molecule has 1 aliphatic carbocycles. The van der Waals surface area contributed by atoms with Crippen LogP contribution in [0, 0.1) is 5.92 Å². The molecule has 4 aliphatic rings. The number of hydrogen-bond acceptors (Lipinski definition) is 27. The predicted octanol–water partition coefficient (Wildman–Crippen LogP) is -8.64. The largest absolute Gasteiger partial charge is 0.480 e. The molecule has 35 nitrogen and oxygen atoms in total. The quantitative estimate of drug-likeness (QED) is 0.0292. The Balaban J connectivity index is 1.42. The lowest BCUT2D eigenvalue weighted by atomic mass is 9.80. The van der Waals surface area contributed by atoms with Crippen molar-refractivity contribution in [2.75, 3.05) is 52.7 Å². The molecule has 4 amide bonds. The SMILES string of the molecule is CC(=O)N[C@H]1[C@@H]([C@H](O)[C@H](O)CO)O[C@@](O[C@H]2[C@@H](O)[C@@H](CO)O[C@@H](O[C@@H]3CC(C(=O)NCCNC(=O)COCCOCC(=O)O)C[C@H](NC(=O)c4cc(=O)[nH]c(=O)[nH]4)[C@H]3O[C@@H]3O[C@@H](C)[C@@H](O)[C@@H](O)[C@@H]3O)[C@@H]2OC(=O)c2ccccc2)(C(=O)O)C[C@@H]1O. The van der Waals surface area contributed by atoms with E-state index in [9.17, 15) is 94.2 Å². The van der Waals surface area contributed by atoms with E-state index in [1.54, 1.807) is 0 Å². The lowest BCUT2D eigenvalue weighted by Crippen LogP contribution is -2.71. The number of amides is 4. The third kappa shape index (κ3) is 17.6. The van der Waals surface area contributed by atoms with E-state index < -0.39 is 226 Å². The number of aromatic amines is 2. The van der Waals surface area contributed by atoms with Gasteiger partial charge in [-0.15, -0.1) is 0 Å². The second-order valence-electron chi connectivity index (χ2n) is 20.3. The Hall–Kier alpha value is -6.49. The fourth-order valence-corrected chi connectivity index (χ4v) is 9.84. The second-order valence-corrected chi connectivity index (χ2v) is 20.3. The van der Waals surface area contributed by atoms with E-state index in [1.165, 1.54) is 37.3 Å². The molecule has 3 aliphatic heterocycles. The minimum absolute atomic E-state index is 0.140. The minimum atomic E-state index is -3.29. The van der Waals surface area contributed by atoms with E-state index in [-0.39, 0.29) is 31.9 Å². The van der Waals surface area contributed by atoms with Crippen LogP contribution in [-0.4, -0.2) is 276 Å². The van der Waals surface area contributed by atoms with Gasteiger partial charge in [-0.1, -0.05) is 18.2 Å². The molecule has 0 spiro atoms. The third-order valence-corrected chi connectivity index (χ3v) is 14.1. The Morgan fingerprint density at radius 3 is 2.11 bits per heavy atom. The van der Waals surface area contributed by atoms with Crippen molar-refractivity contribution in [2.24, 2.45) is 5.92 Å². The fourth-order valence-electron chi connectivity index (χ4n) is 9.84. The summed E-state index contributed by atoms with van der Waals surface area (Å²) >= 11 is 0. The smallest absolute Gasteiger partial charge is 0.364 e. The highest BCUT2D eigenvalue weighted by Gasteiger charge is 2.61. The van der Waals surface area contributed by atoms with Crippen LogP contribution in [-0.2, 0) is 66.6 Å². The molecule has 1 saturated carbocycles. The Kier molecular flexibility index (Phi) is 24.5. The molecule has 17 N–H and O–H groups in total. The number of aromatic nitrogens is 2. The highest BCUT2D eigenvalue weighted by molar-refractivity contribution is 5.92. The standard InChI is InChI=1S/C50H70N6O29/c1-20-34(66)37(69)38(70)46(79-20)83-39-24(54-44(72)25-14-30(62)56-49(76)55-25)12-23(43(71)52-9-8-51-31(63)18-77-10-11-78-19-32(64)65)13-28(39)80-47-42(82-45(73)22-6-4-3-5-7-22)41(36(68)29(17-58)81-47)85-50(48(74)75)15-26(60)33(53-21(2)59)40(84-50)35(67)27(61)16-57/h3-7,14,20,23-24,26-29,33-42,46-47,57-58,60-61,66-70H,8-13,15-19H2,1-2H3,(H,51,63)(H,52,71)(H,53,59)(H,54,72)(H,64,65)(H,74,75)(H2,55,56,62,76)/t20-,23?,24-,26-,27+,28+,29+,33+,34+,35+,36-,37+,38-,39+,40-,41-,42+,46-,47+,50-/m0/s1. The van der Waals surface area contributed by atoms with E-state index in [0.717, 1.165) is 6.92 Å². The zero-order valence-corrected chi connectivity index (χ0v) is 45.5. The van der Waals surface area contributed by atoms with Gasteiger partial charge in [0, 0.05) is 38.4 Å². The van der Waals surface area contributed by atoms with E-state index in [2.05, 4.69) is 26.3 Å². The van der Waals surface area contributed by atoms with Crippen LogP contribution < -0.4 is 32.5 Å². The summed E-state index contributed by atoms with van der Waals surface area (Å²) in [5.74, 6) is -12.7. The number of hydrogen-bond donors (Lipinski definition) is 17. The molecular formula is C50H70N6O29. The number of aliphatic hydroxyl groups is 9. The van der Waals surface area contributed by atoms with Crippen molar-refractivity contribution in [3.8, 4) is 0 Å². The minimum Gasteiger partial charge on any atom is -0.480 e. The first-order valence-corrected chi connectivity index (χ1v) is 26.6. The van der Waals surface area contributed by atoms with Crippen LogP contribution in [0.1, 0.15) is 54.0 Å². The van der Waals surface area contributed by atoms with Gasteiger partial charge in [0.2, 0.25) is 17.7 Å². The van der Waals surface area contributed by atoms with Gasteiger partial charge in [-0.05, 0) is 31.9 Å². The highest BCUT2D eigenvalue weighted by atomic mass is 16.8. The van der Waals surface area contributed by atoms with Crippen LogP contribution in [0.5, 0.6) is 0 Å². The lowest BCUT2D eigenvalue weighted by molar-refractivity contribution is -0.378. The van der Waals surface area contributed by atoms with Gasteiger partial charge in [-0.3, -0.25) is 29.0 Å². The van der Waals surface area contributed by atoms with Gasteiger partial charge in [0.15, 0.2) is 18.7 Å². The molecule has 0 radical (unpaired) electrons. The third-order valence-electron chi connectivity index (χ3n) is 14.1. The number of esters is 1. The van der Waals surface area contributed by atoms with Gasteiger partial charge in [0.05, 0.1) is 62.4 Å². The molecule has 20 atom stereocenters.